The first-order chi connectivity index (χ1) is 9.63. The van der Waals surface area contributed by atoms with Crippen molar-refractivity contribution in [3.63, 3.8) is 0 Å². The van der Waals surface area contributed by atoms with Gasteiger partial charge in [0.1, 0.15) is 11.3 Å². The van der Waals surface area contributed by atoms with Crippen molar-refractivity contribution in [2.45, 2.75) is 19.4 Å². The van der Waals surface area contributed by atoms with Crippen molar-refractivity contribution in [1.29, 1.82) is 0 Å². The number of carbonyl (C=O) groups is 1. The quantitative estimate of drug-likeness (QED) is 0.857. The van der Waals surface area contributed by atoms with Gasteiger partial charge in [0.2, 0.25) is 5.91 Å². The predicted molar refractivity (Wildman–Crippen MR) is 85.2 cm³/mol. The second-order valence-electron chi connectivity index (χ2n) is 4.79. The van der Waals surface area contributed by atoms with Crippen molar-refractivity contribution >= 4 is 29.3 Å². The number of carbonyl (C=O) groups excluding carboxylic acids is 1. The van der Waals surface area contributed by atoms with E-state index in [0.717, 1.165) is 22.3 Å². The van der Waals surface area contributed by atoms with Crippen molar-refractivity contribution in [2.75, 3.05) is 20.7 Å². The van der Waals surface area contributed by atoms with Gasteiger partial charge in [-0.2, -0.15) is 0 Å². The molecule has 0 saturated carbocycles. The van der Waals surface area contributed by atoms with E-state index in [0.29, 0.717) is 13.0 Å². The van der Waals surface area contributed by atoms with E-state index >= 15 is 0 Å². The number of hydrogen-bond acceptors (Lipinski definition) is 4. The molecule has 0 bridgehead atoms. The fourth-order valence-corrected chi connectivity index (χ4v) is 1.93. The molecule has 1 amide bonds. The Kier molecular flexibility index (Phi) is 6.52. The summed E-state index contributed by atoms with van der Waals surface area (Å²) >= 11 is 0. The van der Waals surface area contributed by atoms with Crippen LogP contribution in [0, 0.1) is 0 Å². The minimum Gasteiger partial charge on any atom is -0.497 e. The number of hydrogen-bond donors (Lipinski definition) is 2. The van der Waals surface area contributed by atoms with Crippen molar-refractivity contribution in [2.24, 2.45) is 0 Å². The average molecular weight is 313 g/mol. The van der Waals surface area contributed by atoms with Gasteiger partial charge in [-0.15, -0.1) is 12.4 Å². The highest BCUT2D eigenvalue weighted by Crippen LogP contribution is 2.25. The van der Waals surface area contributed by atoms with Crippen LogP contribution in [-0.2, 0) is 11.2 Å². The van der Waals surface area contributed by atoms with Gasteiger partial charge < -0.3 is 19.8 Å². The number of likely N-dealkylation sites (N-methyl/N-ethyl adjacent to an activating group) is 1. The summed E-state index contributed by atoms with van der Waals surface area (Å²) in [6.07, 6.45) is 1.95. The van der Waals surface area contributed by atoms with Gasteiger partial charge in [0.05, 0.1) is 19.8 Å². The zero-order valence-electron chi connectivity index (χ0n) is 12.4. The Morgan fingerprint density at radius 2 is 2.19 bits per heavy atom. The highest BCUT2D eigenvalue weighted by atomic mass is 35.5. The lowest BCUT2D eigenvalue weighted by molar-refractivity contribution is -0.120. The van der Waals surface area contributed by atoms with E-state index in [1.54, 1.807) is 13.4 Å². The van der Waals surface area contributed by atoms with Gasteiger partial charge in [0.25, 0.3) is 0 Å². The Morgan fingerprint density at radius 3 is 2.86 bits per heavy atom. The Labute approximate surface area is 130 Å². The van der Waals surface area contributed by atoms with Gasteiger partial charge in [-0.05, 0) is 26.1 Å². The number of rotatable bonds is 6. The fourth-order valence-electron chi connectivity index (χ4n) is 1.93. The van der Waals surface area contributed by atoms with Gasteiger partial charge in [-0.3, -0.25) is 4.79 Å². The van der Waals surface area contributed by atoms with Gasteiger partial charge in [0.15, 0.2) is 0 Å². The monoisotopic (exact) mass is 312 g/mol. The number of benzene rings is 1. The molecule has 5 nitrogen and oxygen atoms in total. The lowest BCUT2D eigenvalue weighted by Crippen LogP contribution is -2.37. The molecule has 0 aliphatic carbocycles. The summed E-state index contributed by atoms with van der Waals surface area (Å²) in [4.78, 5) is 11.9. The van der Waals surface area contributed by atoms with Crippen LogP contribution < -0.4 is 15.4 Å². The summed E-state index contributed by atoms with van der Waals surface area (Å²) < 4.78 is 10.6. The smallest absolute Gasteiger partial charge is 0.224 e. The van der Waals surface area contributed by atoms with Crippen molar-refractivity contribution in [1.82, 2.24) is 10.6 Å². The van der Waals surface area contributed by atoms with E-state index in [9.17, 15) is 4.79 Å². The lowest BCUT2D eigenvalue weighted by Gasteiger charge is -2.10. The third kappa shape index (κ3) is 4.37. The Morgan fingerprint density at radius 1 is 1.43 bits per heavy atom. The summed E-state index contributed by atoms with van der Waals surface area (Å²) in [5.74, 6) is 0.733. The van der Waals surface area contributed by atoms with Crippen LogP contribution in [-0.4, -0.2) is 32.7 Å². The summed E-state index contributed by atoms with van der Waals surface area (Å²) in [6.45, 7) is 2.62. The molecule has 1 atom stereocenters. The van der Waals surface area contributed by atoms with Crippen molar-refractivity contribution < 1.29 is 13.9 Å². The molecule has 2 rings (SSSR count). The van der Waals surface area contributed by atoms with Crippen LogP contribution in [0.15, 0.2) is 28.9 Å². The zero-order chi connectivity index (χ0) is 14.5. The van der Waals surface area contributed by atoms with E-state index in [4.69, 9.17) is 9.15 Å². The summed E-state index contributed by atoms with van der Waals surface area (Å²) in [7, 11) is 3.48. The average Bonchev–Trinajstić information content (AvgIpc) is 2.86. The van der Waals surface area contributed by atoms with Crippen LogP contribution in [0.1, 0.15) is 12.5 Å². The van der Waals surface area contributed by atoms with Crippen molar-refractivity contribution in [3.8, 4) is 5.75 Å². The fraction of sp³-hybridized carbons (Fsp3) is 0.400. The summed E-state index contributed by atoms with van der Waals surface area (Å²) in [5.41, 5.74) is 1.62. The van der Waals surface area contributed by atoms with Gasteiger partial charge >= 0.3 is 0 Å². The van der Waals surface area contributed by atoms with Crippen LogP contribution in [0.25, 0.3) is 11.0 Å². The number of methoxy groups -OCH3 is 1. The van der Waals surface area contributed by atoms with Crippen LogP contribution in [0.4, 0.5) is 0 Å². The van der Waals surface area contributed by atoms with Gasteiger partial charge in [-0.1, -0.05) is 0 Å². The molecule has 0 aliphatic rings. The topological polar surface area (TPSA) is 63.5 Å². The first kappa shape index (κ1) is 17.3. The summed E-state index contributed by atoms with van der Waals surface area (Å²) in [6, 6.07) is 5.85. The Balaban J connectivity index is 0.00000220. The van der Waals surface area contributed by atoms with E-state index in [-0.39, 0.29) is 24.4 Å². The van der Waals surface area contributed by atoms with E-state index in [1.807, 2.05) is 32.2 Å². The van der Waals surface area contributed by atoms with Crippen LogP contribution >= 0.6 is 12.4 Å². The lowest BCUT2D eigenvalue weighted by atomic mass is 10.1. The highest BCUT2D eigenvalue weighted by molar-refractivity contribution is 5.88. The largest absolute Gasteiger partial charge is 0.497 e. The molecular weight excluding hydrogens is 292 g/mol. The minimum atomic E-state index is -0.00869. The number of furan rings is 1. The molecule has 0 fully saturated rings. The Bertz CT molecular complexity index is 598. The molecule has 1 aromatic heterocycles. The minimum absolute atomic E-state index is 0. The number of halogens is 1. The normalized spacial score (nSPS) is 11.8. The van der Waals surface area contributed by atoms with E-state index < -0.39 is 0 Å². The number of amides is 1. The van der Waals surface area contributed by atoms with E-state index in [2.05, 4.69) is 10.6 Å². The molecule has 116 valence electrons. The maximum atomic E-state index is 11.9. The molecule has 0 saturated heterocycles. The Hall–Kier alpha value is -1.72. The highest BCUT2D eigenvalue weighted by Gasteiger charge is 2.11. The molecular formula is C15H21ClN2O3. The number of fused-ring (bicyclic) bond motifs is 1. The molecule has 0 spiro atoms. The van der Waals surface area contributed by atoms with Crippen molar-refractivity contribution in [3.05, 3.63) is 30.0 Å². The van der Waals surface area contributed by atoms with E-state index in [1.165, 1.54) is 0 Å². The predicted octanol–water partition coefficient (Wildman–Crippen LogP) is 2.13. The van der Waals surface area contributed by atoms with Crippen LogP contribution in [0.5, 0.6) is 5.75 Å². The van der Waals surface area contributed by atoms with Gasteiger partial charge in [-0.25, -0.2) is 0 Å². The first-order valence-electron chi connectivity index (χ1n) is 6.62. The first-order valence-corrected chi connectivity index (χ1v) is 6.62. The molecule has 2 aromatic rings. The third-order valence-corrected chi connectivity index (χ3v) is 3.31. The third-order valence-electron chi connectivity index (χ3n) is 3.31. The summed E-state index contributed by atoms with van der Waals surface area (Å²) in [5, 5.41) is 6.91. The zero-order valence-corrected chi connectivity index (χ0v) is 13.3. The SMILES string of the molecule is CNC(C)CNC(=O)Cc1coc2cc(OC)ccc12.Cl. The van der Waals surface area contributed by atoms with Crippen LogP contribution in [0.2, 0.25) is 0 Å². The number of nitrogens with one attached hydrogen (secondary N) is 2. The number of ether oxygens (including phenoxy) is 1. The second kappa shape index (κ2) is 7.90. The maximum absolute atomic E-state index is 11.9. The standard InChI is InChI=1S/C15H20N2O3.ClH/c1-10(16-2)8-17-15(18)6-11-9-20-14-7-12(19-3)4-5-13(11)14;/h4-5,7,9-10,16H,6,8H2,1-3H3,(H,17,18);1H. The maximum Gasteiger partial charge on any atom is 0.224 e. The molecule has 0 radical (unpaired) electrons. The molecule has 1 aromatic carbocycles. The molecule has 2 N–H and O–H groups in total. The molecule has 1 unspecified atom stereocenters. The molecule has 6 heteroatoms. The molecule has 1 heterocycles. The van der Waals surface area contributed by atoms with Crippen LogP contribution in [0.3, 0.4) is 0 Å². The molecule has 0 aliphatic heterocycles. The second-order valence-corrected chi connectivity index (χ2v) is 4.79. The molecule has 21 heavy (non-hydrogen) atoms. The van der Waals surface area contributed by atoms with Gasteiger partial charge in [0, 0.05) is 29.6 Å².